The third kappa shape index (κ3) is 2.58. The Bertz CT molecular complexity index is 320. The predicted molar refractivity (Wildman–Crippen MR) is 52.9 cm³/mol. The number of aliphatic carboxylic acids is 1. The molecule has 2 atom stereocenters. The van der Waals surface area contributed by atoms with E-state index in [1.54, 1.807) is 17.8 Å². The van der Waals surface area contributed by atoms with Gasteiger partial charge in [0.1, 0.15) is 0 Å². The van der Waals surface area contributed by atoms with Crippen LogP contribution in [0, 0.1) is 11.8 Å². The lowest BCUT2D eigenvalue weighted by Gasteiger charge is -2.14. The third-order valence-corrected chi connectivity index (χ3v) is 2.56. The van der Waals surface area contributed by atoms with Crippen LogP contribution in [-0.4, -0.2) is 20.9 Å². The Labute approximate surface area is 83.5 Å². The number of carboxylic acid groups (broad SMARTS) is 1. The van der Waals surface area contributed by atoms with E-state index >= 15 is 0 Å². The van der Waals surface area contributed by atoms with E-state index in [9.17, 15) is 4.79 Å². The zero-order valence-corrected chi connectivity index (χ0v) is 8.77. The highest BCUT2D eigenvalue weighted by Crippen LogP contribution is 2.16. The van der Waals surface area contributed by atoms with Crippen LogP contribution in [0.15, 0.2) is 12.4 Å². The molecule has 2 unspecified atom stereocenters. The molecule has 1 aromatic rings. The lowest BCUT2D eigenvalue weighted by Crippen LogP contribution is -2.19. The van der Waals surface area contributed by atoms with E-state index in [-0.39, 0.29) is 11.8 Å². The van der Waals surface area contributed by atoms with E-state index in [4.69, 9.17) is 5.11 Å². The number of hydrogen-bond donors (Lipinski definition) is 1. The van der Waals surface area contributed by atoms with Gasteiger partial charge in [0.15, 0.2) is 0 Å². The molecule has 1 N–H and O–H groups in total. The first-order valence-electron chi connectivity index (χ1n) is 4.71. The Morgan fingerprint density at radius 3 is 2.71 bits per heavy atom. The van der Waals surface area contributed by atoms with Gasteiger partial charge in [0.25, 0.3) is 0 Å². The summed E-state index contributed by atoms with van der Waals surface area (Å²) in [5.41, 5.74) is 1.09. The van der Waals surface area contributed by atoms with Crippen molar-refractivity contribution in [3.8, 4) is 0 Å². The largest absolute Gasteiger partial charge is 0.481 e. The molecule has 0 aliphatic rings. The van der Waals surface area contributed by atoms with Gasteiger partial charge < -0.3 is 5.11 Å². The zero-order chi connectivity index (χ0) is 10.7. The number of rotatable bonds is 4. The van der Waals surface area contributed by atoms with Gasteiger partial charge in [-0.1, -0.05) is 13.8 Å². The lowest BCUT2D eigenvalue weighted by molar-refractivity contribution is -0.142. The minimum absolute atomic E-state index is 0.136. The molecule has 1 aromatic heterocycles. The van der Waals surface area contributed by atoms with E-state index in [2.05, 4.69) is 5.10 Å². The number of nitrogens with zero attached hydrogens (tertiary/aromatic N) is 2. The van der Waals surface area contributed by atoms with Crippen LogP contribution in [0.3, 0.4) is 0 Å². The zero-order valence-electron chi connectivity index (χ0n) is 8.77. The van der Waals surface area contributed by atoms with Crippen molar-refractivity contribution in [3.63, 3.8) is 0 Å². The molecule has 0 spiro atoms. The lowest BCUT2D eigenvalue weighted by atomic mass is 9.91. The summed E-state index contributed by atoms with van der Waals surface area (Å²) in [6.07, 6.45) is 4.47. The first-order chi connectivity index (χ1) is 6.50. The molecule has 0 bridgehead atoms. The molecule has 0 aromatic carbocycles. The highest BCUT2D eigenvalue weighted by Gasteiger charge is 2.19. The summed E-state index contributed by atoms with van der Waals surface area (Å²) in [5, 5.41) is 12.9. The summed E-state index contributed by atoms with van der Waals surface area (Å²) < 4.78 is 1.73. The fourth-order valence-corrected chi connectivity index (χ4v) is 1.37. The molecular weight excluding hydrogens is 180 g/mol. The number of aryl methyl sites for hydroxylation is 1. The molecule has 0 fully saturated rings. The highest BCUT2D eigenvalue weighted by molar-refractivity contribution is 5.69. The van der Waals surface area contributed by atoms with E-state index < -0.39 is 5.97 Å². The second kappa shape index (κ2) is 4.26. The average Bonchev–Trinajstić information content (AvgIpc) is 2.49. The quantitative estimate of drug-likeness (QED) is 0.790. The Morgan fingerprint density at radius 1 is 1.64 bits per heavy atom. The molecule has 4 nitrogen and oxygen atoms in total. The smallest absolute Gasteiger partial charge is 0.306 e. The second-order valence-corrected chi connectivity index (χ2v) is 3.83. The van der Waals surface area contributed by atoms with Crippen molar-refractivity contribution in [3.05, 3.63) is 18.0 Å². The molecule has 1 heterocycles. The van der Waals surface area contributed by atoms with Crippen molar-refractivity contribution in [1.82, 2.24) is 9.78 Å². The SMILES string of the molecule is CC(Cc1cnn(C)c1)C(C)C(=O)O. The van der Waals surface area contributed by atoms with Crippen molar-refractivity contribution in [2.75, 3.05) is 0 Å². The van der Waals surface area contributed by atoms with E-state index in [1.807, 2.05) is 20.2 Å². The molecule has 0 aliphatic heterocycles. The monoisotopic (exact) mass is 196 g/mol. The van der Waals surface area contributed by atoms with Crippen LogP contribution < -0.4 is 0 Å². The van der Waals surface area contributed by atoms with Crippen molar-refractivity contribution in [1.29, 1.82) is 0 Å². The molecule has 0 aliphatic carbocycles. The second-order valence-electron chi connectivity index (χ2n) is 3.83. The molecule has 14 heavy (non-hydrogen) atoms. The van der Waals surface area contributed by atoms with Crippen molar-refractivity contribution < 1.29 is 9.90 Å². The van der Waals surface area contributed by atoms with E-state index in [1.165, 1.54) is 0 Å². The fourth-order valence-electron chi connectivity index (χ4n) is 1.37. The predicted octanol–water partition coefficient (Wildman–Crippen LogP) is 1.32. The fraction of sp³-hybridized carbons (Fsp3) is 0.600. The van der Waals surface area contributed by atoms with Gasteiger partial charge in [0, 0.05) is 13.2 Å². The summed E-state index contributed by atoms with van der Waals surface area (Å²) in [7, 11) is 1.86. The van der Waals surface area contributed by atoms with Crippen molar-refractivity contribution in [2.45, 2.75) is 20.3 Å². The van der Waals surface area contributed by atoms with Crippen LogP contribution in [0.5, 0.6) is 0 Å². The maximum Gasteiger partial charge on any atom is 0.306 e. The van der Waals surface area contributed by atoms with Crippen LogP contribution in [0.2, 0.25) is 0 Å². The topological polar surface area (TPSA) is 55.1 Å². The van der Waals surface area contributed by atoms with Gasteiger partial charge in [-0.2, -0.15) is 5.10 Å². The standard InChI is InChI=1S/C10H16N2O2/c1-7(8(2)10(13)14)4-9-5-11-12(3)6-9/h5-8H,4H2,1-3H3,(H,13,14). The van der Waals surface area contributed by atoms with Gasteiger partial charge in [0.2, 0.25) is 0 Å². The summed E-state index contributed by atoms with van der Waals surface area (Å²) in [4.78, 5) is 10.7. The molecule has 1 rings (SSSR count). The highest BCUT2D eigenvalue weighted by atomic mass is 16.4. The van der Waals surface area contributed by atoms with Crippen LogP contribution in [0.25, 0.3) is 0 Å². The Hall–Kier alpha value is -1.32. The summed E-state index contributed by atoms with van der Waals surface area (Å²) in [5.74, 6) is -0.909. The van der Waals surface area contributed by atoms with E-state index in [0.717, 1.165) is 12.0 Å². The molecule has 0 saturated heterocycles. The minimum Gasteiger partial charge on any atom is -0.481 e. The Morgan fingerprint density at radius 2 is 2.29 bits per heavy atom. The van der Waals surface area contributed by atoms with Crippen LogP contribution in [0.1, 0.15) is 19.4 Å². The summed E-state index contributed by atoms with van der Waals surface area (Å²) in [6.45, 7) is 3.69. The maximum atomic E-state index is 10.7. The van der Waals surface area contributed by atoms with Gasteiger partial charge in [-0.3, -0.25) is 9.48 Å². The Kier molecular flexibility index (Phi) is 3.28. The number of aromatic nitrogens is 2. The van der Waals surface area contributed by atoms with Gasteiger partial charge in [-0.25, -0.2) is 0 Å². The van der Waals surface area contributed by atoms with E-state index in [0.29, 0.717) is 0 Å². The third-order valence-electron chi connectivity index (χ3n) is 2.56. The number of hydrogen-bond acceptors (Lipinski definition) is 2. The van der Waals surface area contributed by atoms with Crippen molar-refractivity contribution >= 4 is 5.97 Å². The maximum absolute atomic E-state index is 10.7. The van der Waals surface area contributed by atoms with Crippen LogP contribution in [0.4, 0.5) is 0 Å². The normalized spacial score (nSPS) is 15.1. The number of carbonyl (C=O) groups is 1. The Balaban J connectivity index is 2.56. The van der Waals surface area contributed by atoms with Gasteiger partial charge in [-0.05, 0) is 17.9 Å². The average molecular weight is 196 g/mol. The van der Waals surface area contributed by atoms with Crippen molar-refractivity contribution in [2.24, 2.45) is 18.9 Å². The van der Waals surface area contributed by atoms with Gasteiger partial charge in [0.05, 0.1) is 12.1 Å². The molecule has 0 saturated carbocycles. The minimum atomic E-state index is -0.735. The van der Waals surface area contributed by atoms with Gasteiger partial charge >= 0.3 is 5.97 Å². The molecule has 0 amide bonds. The first kappa shape index (κ1) is 10.8. The molecule has 78 valence electrons. The molecule has 0 radical (unpaired) electrons. The van der Waals surface area contributed by atoms with Gasteiger partial charge in [-0.15, -0.1) is 0 Å². The number of carboxylic acids is 1. The van der Waals surface area contributed by atoms with Crippen LogP contribution >= 0.6 is 0 Å². The molecule has 4 heteroatoms. The first-order valence-corrected chi connectivity index (χ1v) is 4.71. The van der Waals surface area contributed by atoms with Crippen LogP contribution in [-0.2, 0) is 18.3 Å². The summed E-state index contributed by atoms with van der Waals surface area (Å²) in [6, 6.07) is 0. The summed E-state index contributed by atoms with van der Waals surface area (Å²) >= 11 is 0. The molecular formula is C10H16N2O2.